The number of nitrogens with zero attached hydrogens (tertiary/aromatic N) is 2. The van der Waals surface area contributed by atoms with Crippen LogP contribution in [0.1, 0.15) is 50.3 Å². The van der Waals surface area contributed by atoms with Gasteiger partial charge in [-0.05, 0) is 31.7 Å². The third-order valence-corrected chi connectivity index (χ3v) is 4.37. The summed E-state index contributed by atoms with van der Waals surface area (Å²) in [6, 6.07) is 3.40. The predicted octanol–water partition coefficient (Wildman–Crippen LogP) is 2.86. The highest BCUT2D eigenvalue weighted by Crippen LogP contribution is 2.29. The molecule has 3 rings (SSSR count). The third-order valence-electron chi connectivity index (χ3n) is 4.01. The molecule has 0 radical (unpaired) electrons. The van der Waals surface area contributed by atoms with E-state index in [0.29, 0.717) is 17.5 Å². The summed E-state index contributed by atoms with van der Waals surface area (Å²) >= 11 is 5.96. The molecular weight excluding hydrogens is 234 g/mol. The Labute approximate surface area is 108 Å². The van der Waals surface area contributed by atoms with E-state index in [1.807, 2.05) is 0 Å². The summed E-state index contributed by atoms with van der Waals surface area (Å²) in [5.74, 6) is 0. The van der Waals surface area contributed by atoms with Crippen LogP contribution in [0.2, 0.25) is 0 Å². The molecule has 17 heavy (non-hydrogen) atoms. The van der Waals surface area contributed by atoms with Gasteiger partial charge >= 0.3 is 0 Å². The highest BCUT2D eigenvalue weighted by Gasteiger charge is 2.26. The van der Waals surface area contributed by atoms with E-state index in [9.17, 15) is 0 Å². The number of aromatic nitrogens is 2. The molecule has 1 heterocycles. The smallest absolute Gasteiger partial charge is 0.0762 e. The van der Waals surface area contributed by atoms with Crippen molar-refractivity contribution in [3.8, 4) is 0 Å². The van der Waals surface area contributed by atoms with Crippen molar-refractivity contribution in [2.24, 2.45) is 0 Å². The lowest BCUT2D eigenvalue weighted by Gasteiger charge is -2.31. The molecule has 2 fully saturated rings. The van der Waals surface area contributed by atoms with Gasteiger partial charge in [0.05, 0.1) is 11.7 Å². The third kappa shape index (κ3) is 2.66. The van der Waals surface area contributed by atoms with Gasteiger partial charge in [0.15, 0.2) is 0 Å². The molecule has 0 aromatic carbocycles. The second-order valence-electron chi connectivity index (χ2n) is 5.37. The lowest BCUT2D eigenvalue weighted by atomic mass is 9.92. The van der Waals surface area contributed by atoms with E-state index in [1.54, 1.807) is 0 Å². The molecule has 94 valence electrons. The van der Waals surface area contributed by atoms with Crippen LogP contribution in [0.25, 0.3) is 0 Å². The van der Waals surface area contributed by atoms with Crippen molar-refractivity contribution in [3.63, 3.8) is 0 Å². The van der Waals surface area contributed by atoms with E-state index in [0.717, 1.165) is 25.1 Å². The van der Waals surface area contributed by atoms with E-state index in [-0.39, 0.29) is 0 Å². The normalized spacial score (nSPS) is 29.5. The predicted molar refractivity (Wildman–Crippen MR) is 69.2 cm³/mol. The van der Waals surface area contributed by atoms with E-state index < -0.39 is 0 Å². The summed E-state index contributed by atoms with van der Waals surface area (Å²) in [4.78, 5) is 0. The van der Waals surface area contributed by atoms with Gasteiger partial charge in [-0.2, -0.15) is 5.10 Å². The Bertz CT molecular complexity index is 364. The lowest BCUT2D eigenvalue weighted by Crippen LogP contribution is -2.41. The van der Waals surface area contributed by atoms with Crippen molar-refractivity contribution in [1.82, 2.24) is 15.1 Å². The fourth-order valence-electron chi connectivity index (χ4n) is 2.81. The highest BCUT2D eigenvalue weighted by atomic mass is 35.5. The second-order valence-corrected chi connectivity index (χ2v) is 5.99. The zero-order valence-corrected chi connectivity index (χ0v) is 10.9. The molecule has 2 aliphatic rings. The van der Waals surface area contributed by atoms with Crippen molar-refractivity contribution < 1.29 is 0 Å². The van der Waals surface area contributed by atoms with Crippen LogP contribution in [0.15, 0.2) is 12.3 Å². The Morgan fingerprint density at radius 1 is 1.35 bits per heavy atom. The SMILES string of the molecule is ClC1CC(NCc2ccn(C3CCCC3)n2)C1. The van der Waals surface area contributed by atoms with Gasteiger partial charge in [0.25, 0.3) is 0 Å². The molecule has 1 N–H and O–H groups in total. The summed E-state index contributed by atoms with van der Waals surface area (Å²) in [7, 11) is 0. The van der Waals surface area contributed by atoms with Crippen molar-refractivity contribution >= 4 is 11.6 Å². The Morgan fingerprint density at radius 3 is 2.82 bits per heavy atom. The summed E-state index contributed by atoms with van der Waals surface area (Å²) in [5, 5.41) is 8.56. The number of rotatable bonds is 4. The first-order chi connectivity index (χ1) is 8.31. The molecule has 0 aliphatic heterocycles. The minimum atomic E-state index is 0.392. The minimum absolute atomic E-state index is 0.392. The molecule has 1 aromatic heterocycles. The number of nitrogens with one attached hydrogen (secondary N) is 1. The molecule has 0 bridgehead atoms. The first-order valence-electron chi connectivity index (χ1n) is 6.73. The van der Waals surface area contributed by atoms with Gasteiger partial charge in [0, 0.05) is 24.2 Å². The second kappa shape index (κ2) is 4.99. The van der Waals surface area contributed by atoms with E-state index in [2.05, 4.69) is 27.4 Å². The van der Waals surface area contributed by atoms with Gasteiger partial charge in [-0.3, -0.25) is 4.68 Å². The van der Waals surface area contributed by atoms with Crippen LogP contribution in [0.3, 0.4) is 0 Å². The van der Waals surface area contributed by atoms with Crippen LogP contribution in [-0.2, 0) is 6.54 Å². The van der Waals surface area contributed by atoms with Crippen LogP contribution in [0, 0.1) is 0 Å². The first-order valence-corrected chi connectivity index (χ1v) is 7.16. The molecule has 4 heteroatoms. The van der Waals surface area contributed by atoms with Crippen molar-refractivity contribution in [1.29, 1.82) is 0 Å². The van der Waals surface area contributed by atoms with Crippen LogP contribution < -0.4 is 5.32 Å². The van der Waals surface area contributed by atoms with E-state index in [4.69, 9.17) is 11.6 Å². The van der Waals surface area contributed by atoms with Gasteiger partial charge in [-0.25, -0.2) is 0 Å². The summed E-state index contributed by atoms with van der Waals surface area (Å²) in [5.41, 5.74) is 1.16. The van der Waals surface area contributed by atoms with Gasteiger partial charge in [-0.1, -0.05) is 12.8 Å². The molecule has 1 aromatic rings. The average Bonchev–Trinajstić information content (AvgIpc) is 2.92. The first kappa shape index (κ1) is 11.5. The quantitative estimate of drug-likeness (QED) is 0.837. The standard InChI is InChI=1S/C13H20ClN3/c14-10-7-12(8-10)15-9-11-5-6-17(16-11)13-3-1-2-4-13/h5-6,10,12-13,15H,1-4,7-9H2. The Morgan fingerprint density at radius 2 is 2.12 bits per heavy atom. The molecule has 2 saturated carbocycles. The van der Waals surface area contributed by atoms with Gasteiger partial charge in [0.1, 0.15) is 0 Å². The maximum Gasteiger partial charge on any atom is 0.0762 e. The molecule has 2 aliphatic carbocycles. The fraction of sp³-hybridized carbons (Fsp3) is 0.769. The largest absolute Gasteiger partial charge is 0.308 e. The lowest BCUT2D eigenvalue weighted by molar-refractivity contribution is 0.342. The summed E-state index contributed by atoms with van der Waals surface area (Å²) < 4.78 is 2.16. The van der Waals surface area contributed by atoms with Crippen molar-refractivity contribution in [2.45, 2.75) is 62.5 Å². The molecule has 0 spiro atoms. The Hall–Kier alpha value is -0.540. The number of alkyl halides is 1. The molecular formula is C13H20ClN3. The average molecular weight is 254 g/mol. The number of halogens is 1. The number of hydrogen-bond donors (Lipinski definition) is 1. The molecule has 0 atom stereocenters. The summed E-state index contributed by atoms with van der Waals surface area (Å²) in [6.07, 6.45) is 9.65. The molecule has 0 saturated heterocycles. The van der Waals surface area contributed by atoms with E-state index in [1.165, 1.54) is 25.7 Å². The van der Waals surface area contributed by atoms with Crippen molar-refractivity contribution in [2.75, 3.05) is 0 Å². The zero-order valence-electron chi connectivity index (χ0n) is 10.1. The van der Waals surface area contributed by atoms with Crippen molar-refractivity contribution in [3.05, 3.63) is 18.0 Å². The Kier molecular flexibility index (Phi) is 3.39. The monoisotopic (exact) mass is 253 g/mol. The van der Waals surface area contributed by atoms with Crippen LogP contribution >= 0.6 is 11.6 Å². The minimum Gasteiger partial charge on any atom is -0.308 e. The Balaban J connectivity index is 1.50. The van der Waals surface area contributed by atoms with Gasteiger partial charge in [0.2, 0.25) is 0 Å². The highest BCUT2D eigenvalue weighted by molar-refractivity contribution is 6.21. The topological polar surface area (TPSA) is 29.9 Å². The maximum atomic E-state index is 5.96. The molecule has 0 unspecified atom stereocenters. The zero-order chi connectivity index (χ0) is 11.7. The van der Waals surface area contributed by atoms with Crippen LogP contribution in [-0.4, -0.2) is 21.2 Å². The van der Waals surface area contributed by atoms with Crippen LogP contribution in [0.5, 0.6) is 0 Å². The molecule has 0 amide bonds. The van der Waals surface area contributed by atoms with Gasteiger partial charge in [-0.15, -0.1) is 11.6 Å². The van der Waals surface area contributed by atoms with E-state index >= 15 is 0 Å². The molecule has 3 nitrogen and oxygen atoms in total. The maximum absolute atomic E-state index is 5.96. The van der Waals surface area contributed by atoms with Gasteiger partial charge < -0.3 is 5.32 Å². The van der Waals surface area contributed by atoms with Crippen LogP contribution in [0.4, 0.5) is 0 Å². The summed E-state index contributed by atoms with van der Waals surface area (Å²) in [6.45, 7) is 0.883. The number of hydrogen-bond acceptors (Lipinski definition) is 2. The fourth-order valence-corrected chi connectivity index (χ4v) is 3.24.